The number of nitrogens with zero attached hydrogens (tertiary/aromatic N) is 2. The molecule has 2 heterocycles. The third-order valence-corrected chi connectivity index (χ3v) is 5.07. The van der Waals surface area contributed by atoms with Crippen molar-refractivity contribution < 1.29 is 4.74 Å². The number of anilines is 1. The lowest BCUT2D eigenvalue weighted by Crippen LogP contribution is -2.09. The Labute approximate surface area is 129 Å². The average Bonchev–Trinajstić information content (AvgIpc) is 2.84. The molecule has 0 saturated heterocycles. The first kappa shape index (κ1) is 14.7. The highest BCUT2D eigenvalue weighted by Gasteiger charge is 2.20. The minimum atomic E-state index is 0.787. The summed E-state index contributed by atoms with van der Waals surface area (Å²) in [7, 11) is 0. The van der Waals surface area contributed by atoms with E-state index >= 15 is 0 Å². The second-order valence-electron chi connectivity index (χ2n) is 5.49. The highest BCUT2D eigenvalue weighted by Crippen LogP contribution is 2.38. The molecular formula is C16H23N3OS. The first-order chi connectivity index (χ1) is 10.3. The third kappa shape index (κ3) is 3.19. The molecule has 1 aliphatic carbocycles. The zero-order valence-corrected chi connectivity index (χ0v) is 13.7. The Morgan fingerprint density at radius 3 is 2.95 bits per heavy atom. The van der Waals surface area contributed by atoms with Crippen LogP contribution in [-0.2, 0) is 17.6 Å². The molecule has 4 nitrogen and oxygen atoms in total. The van der Waals surface area contributed by atoms with Gasteiger partial charge in [0.15, 0.2) is 0 Å². The van der Waals surface area contributed by atoms with Crippen LogP contribution in [0.5, 0.6) is 0 Å². The number of fused-ring (bicyclic) bond motifs is 3. The van der Waals surface area contributed by atoms with E-state index in [0.29, 0.717) is 0 Å². The molecule has 3 rings (SSSR count). The first-order valence-electron chi connectivity index (χ1n) is 7.90. The molecule has 0 aromatic carbocycles. The summed E-state index contributed by atoms with van der Waals surface area (Å²) in [4.78, 5) is 12.0. The molecule has 0 amide bonds. The Balaban J connectivity index is 1.84. The predicted octanol–water partition coefficient (Wildman–Crippen LogP) is 3.72. The minimum Gasteiger partial charge on any atom is -0.382 e. The Morgan fingerprint density at radius 2 is 2.10 bits per heavy atom. The van der Waals surface area contributed by atoms with Crippen molar-refractivity contribution >= 4 is 27.4 Å². The topological polar surface area (TPSA) is 47.0 Å². The molecule has 5 heteroatoms. The van der Waals surface area contributed by atoms with E-state index < -0.39 is 0 Å². The lowest BCUT2D eigenvalue weighted by atomic mass is 9.97. The fourth-order valence-corrected chi connectivity index (χ4v) is 4.22. The molecule has 0 spiro atoms. The van der Waals surface area contributed by atoms with Crippen molar-refractivity contribution in [1.82, 2.24) is 9.97 Å². The monoisotopic (exact) mass is 305 g/mol. The highest BCUT2D eigenvalue weighted by molar-refractivity contribution is 7.19. The Hall–Kier alpha value is -1.20. The highest BCUT2D eigenvalue weighted by atomic mass is 32.1. The smallest absolute Gasteiger partial charge is 0.138 e. The maximum absolute atomic E-state index is 5.39. The van der Waals surface area contributed by atoms with Crippen molar-refractivity contribution in [3.63, 3.8) is 0 Å². The average molecular weight is 305 g/mol. The van der Waals surface area contributed by atoms with Gasteiger partial charge in [0.1, 0.15) is 16.5 Å². The van der Waals surface area contributed by atoms with Crippen LogP contribution in [0, 0.1) is 6.92 Å². The van der Waals surface area contributed by atoms with Gasteiger partial charge in [-0.05, 0) is 51.5 Å². The second kappa shape index (κ2) is 6.71. The van der Waals surface area contributed by atoms with Gasteiger partial charge in [0, 0.05) is 24.6 Å². The van der Waals surface area contributed by atoms with Gasteiger partial charge in [-0.2, -0.15) is 0 Å². The molecule has 0 aliphatic heterocycles. The summed E-state index contributed by atoms with van der Waals surface area (Å²) in [6, 6.07) is 0. The van der Waals surface area contributed by atoms with Gasteiger partial charge in [-0.25, -0.2) is 9.97 Å². The van der Waals surface area contributed by atoms with E-state index in [0.717, 1.165) is 42.7 Å². The number of thiophene rings is 1. The van der Waals surface area contributed by atoms with Crippen LogP contribution in [0.15, 0.2) is 0 Å². The summed E-state index contributed by atoms with van der Waals surface area (Å²) in [6.07, 6.45) is 5.99. The minimum absolute atomic E-state index is 0.787. The van der Waals surface area contributed by atoms with Crippen LogP contribution < -0.4 is 5.32 Å². The van der Waals surface area contributed by atoms with Crippen LogP contribution >= 0.6 is 11.3 Å². The van der Waals surface area contributed by atoms with Crippen LogP contribution in [0.1, 0.15) is 42.5 Å². The number of nitrogens with one attached hydrogen (secondary N) is 1. The summed E-state index contributed by atoms with van der Waals surface area (Å²) in [5.74, 6) is 1.88. The molecule has 114 valence electrons. The van der Waals surface area contributed by atoms with E-state index in [4.69, 9.17) is 4.74 Å². The molecule has 0 fully saturated rings. The fourth-order valence-electron chi connectivity index (χ4n) is 2.92. The van der Waals surface area contributed by atoms with Crippen LogP contribution in [-0.4, -0.2) is 29.7 Å². The van der Waals surface area contributed by atoms with Gasteiger partial charge in [-0.3, -0.25) is 0 Å². The molecular weight excluding hydrogens is 282 g/mol. The van der Waals surface area contributed by atoms with E-state index in [1.54, 1.807) is 0 Å². The van der Waals surface area contributed by atoms with Gasteiger partial charge in [-0.15, -0.1) is 11.3 Å². The number of hydrogen-bond donors (Lipinski definition) is 1. The first-order valence-corrected chi connectivity index (χ1v) is 8.71. The van der Waals surface area contributed by atoms with E-state index in [1.807, 2.05) is 25.2 Å². The zero-order valence-electron chi connectivity index (χ0n) is 12.9. The van der Waals surface area contributed by atoms with Gasteiger partial charge < -0.3 is 10.1 Å². The van der Waals surface area contributed by atoms with Crippen molar-refractivity contribution in [2.45, 2.75) is 46.0 Å². The lowest BCUT2D eigenvalue weighted by molar-refractivity contribution is 0.147. The Bertz CT molecular complexity index is 623. The van der Waals surface area contributed by atoms with Gasteiger partial charge in [0.2, 0.25) is 0 Å². The number of rotatable bonds is 6. The van der Waals surface area contributed by atoms with Gasteiger partial charge in [-0.1, -0.05) is 0 Å². The molecule has 0 atom stereocenters. The molecule has 0 bridgehead atoms. The normalized spacial score (nSPS) is 14.4. The Morgan fingerprint density at radius 1 is 1.24 bits per heavy atom. The van der Waals surface area contributed by atoms with Crippen LogP contribution in [0.3, 0.4) is 0 Å². The van der Waals surface area contributed by atoms with Gasteiger partial charge in [0.05, 0.1) is 5.39 Å². The molecule has 0 radical (unpaired) electrons. The molecule has 0 saturated carbocycles. The molecule has 1 N–H and O–H groups in total. The molecule has 21 heavy (non-hydrogen) atoms. The second-order valence-corrected chi connectivity index (χ2v) is 6.57. The van der Waals surface area contributed by atoms with Crippen LogP contribution in [0.4, 0.5) is 5.82 Å². The summed E-state index contributed by atoms with van der Waals surface area (Å²) >= 11 is 1.86. The fraction of sp³-hybridized carbons (Fsp3) is 0.625. The van der Waals surface area contributed by atoms with Gasteiger partial charge >= 0.3 is 0 Å². The summed E-state index contributed by atoms with van der Waals surface area (Å²) in [6.45, 7) is 6.50. The SMILES string of the molecule is CCOCCCNc1nc(C)nc2sc3c(c12)CCCC3. The van der Waals surface area contributed by atoms with Crippen LogP contribution in [0.2, 0.25) is 0 Å². The van der Waals surface area contributed by atoms with E-state index in [9.17, 15) is 0 Å². The number of hydrogen-bond acceptors (Lipinski definition) is 5. The summed E-state index contributed by atoms with van der Waals surface area (Å²) in [5, 5.41) is 4.77. The summed E-state index contributed by atoms with van der Waals surface area (Å²) < 4.78 is 5.39. The zero-order chi connectivity index (χ0) is 14.7. The quantitative estimate of drug-likeness (QED) is 0.826. The van der Waals surface area contributed by atoms with E-state index in [1.165, 1.54) is 41.5 Å². The molecule has 1 aliphatic rings. The van der Waals surface area contributed by atoms with Crippen LogP contribution in [0.25, 0.3) is 10.2 Å². The van der Waals surface area contributed by atoms with Gasteiger partial charge in [0.25, 0.3) is 0 Å². The maximum Gasteiger partial charge on any atom is 0.138 e. The standard InChI is InChI=1S/C16H23N3OS/c1-3-20-10-6-9-17-15-14-12-7-4-5-8-13(12)21-16(14)19-11(2)18-15/h3-10H2,1-2H3,(H,17,18,19). The van der Waals surface area contributed by atoms with Crippen molar-refractivity contribution in [2.75, 3.05) is 25.1 Å². The van der Waals surface area contributed by atoms with Crippen molar-refractivity contribution in [1.29, 1.82) is 0 Å². The van der Waals surface area contributed by atoms with Crippen molar-refractivity contribution in [2.24, 2.45) is 0 Å². The predicted molar refractivity (Wildman–Crippen MR) is 88.4 cm³/mol. The largest absolute Gasteiger partial charge is 0.382 e. The molecule has 0 unspecified atom stereocenters. The number of aryl methyl sites for hydroxylation is 3. The molecule has 2 aromatic heterocycles. The summed E-state index contributed by atoms with van der Waals surface area (Å²) in [5.41, 5.74) is 1.49. The molecule has 2 aromatic rings. The Kier molecular flexibility index (Phi) is 4.70. The third-order valence-electron chi connectivity index (χ3n) is 3.89. The maximum atomic E-state index is 5.39. The number of aromatic nitrogens is 2. The lowest BCUT2D eigenvalue weighted by Gasteiger charge is -2.13. The van der Waals surface area contributed by atoms with Crippen molar-refractivity contribution in [3.05, 3.63) is 16.3 Å². The van der Waals surface area contributed by atoms with E-state index in [2.05, 4.69) is 15.3 Å². The van der Waals surface area contributed by atoms with E-state index in [-0.39, 0.29) is 0 Å². The number of ether oxygens (including phenoxy) is 1. The van der Waals surface area contributed by atoms with Crippen molar-refractivity contribution in [3.8, 4) is 0 Å².